The van der Waals surface area contributed by atoms with Gasteiger partial charge in [-0.3, -0.25) is 4.79 Å². The lowest BCUT2D eigenvalue weighted by Gasteiger charge is -2.17. The zero-order valence-corrected chi connectivity index (χ0v) is 12.5. The maximum Gasteiger partial charge on any atom is 0.253 e. The molecule has 22 heavy (non-hydrogen) atoms. The summed E-state index contributed by atoms with van der Waals surface area (Å²) >= 11 is 0. The molecule has 2 heterocycles. The summed E-state index contributed by atoms with van der Waals surface area (Å²) in [5.41, 5.74) is 3.43. The van der Waals surface area contributed by atoms with Gasteiger partial charge in [0.2, 0.25) is 0 Å². The number of ether oxygens (including phenoxy) is 1. The molecule has 2 aliphatic heterocycles. The first-order valence-corrected chi connectivity index (χ1v) is 7.91. The number of nitrogens with zero attached hydrogens (tertiary/aromatic N) is 1. The van der Waals surface area contributed by atoms with E-state index in [9.17, 15) is 4.79 Å². The van der Waals surface area contributed by atoms with Gasteiger partial charge in [-0.2, -0.15) is 0 Å². The van der Waals surface area contributed by atoms with Crippen molar-refractivity contribution in [2.75, 3.05) is 19.7 Å². The van der Waals surface area contributed by atoms with Crippen molar-refractivity contribution in [2.24, 2.45) is 0 Å². The second-order valence-electron chi connectivity index (χ2n) is 6.07. The van der Waals surface area contributed by atoms with Gasteiger partial charge < -0.3 is 9.64 Å². The summed E-state index contributed by atoms with van der Waals surface area (Å²) in [5, 5.41) is 0. The van der Waals surface area contributed by atoms with Crippen molar-refractivity contribution >= 4 is 5.91 Å². The Morgan fingerprint density at radius 2 is 2.00 bits per heavy atom. The quantitative estimate of drug-likeness (QED) is 0.850. The smallest absolute Gasteiger partial charge is 0.253 e. The molecular weight excluding hydrogens is 274 g/mol. The third kappa shape index (κ3) is 2.37. The minimum Gasteiger partial charge on any atom is -0.493 e. The molecule has 112 valence electrons. The van der Waals surface area contributed by atoms with E-state index < -0.39 is 0 Å². The highest BCUT2D eigenvalue weighted by Crippen LogP contribution is 2.33. The van der Waals surface area contributed by atoms with E-state index >= 15 is 0 Å². The molecule has 0 saturated carbocycles. The van der Waals surface area contributed by atoms with Crippen LogP contribution in [0, 0.1) is 0 Å². The predicted molar refractivity (Wildman–Crippen MR) is 85.3 cm³/mol. The van der Waals surface area contributed by atoms with E-state index in [-0.39, 0.29) is 5.91 Å². The van der Waals surface area contributed by atoms with E-state index in [1.807, 2.05) is 35.2 Å². The van der Waals surface area contributed by atoms with Crippen molar-refractivity contribution in [3.8, 4) is 5.75 Å². The van der Waals surface area contributed by atoms with E-state index in [1.54, 1.807) is 0 Å². The first-order valence-electron chi connectivity index (χ1n) is 7.91. The van der Waals surface area contributed by atoms with Gasteiger partial charge in [0.25, 0.3) is 5.91 Å². The minimum atomic E-state index is 0.146. The van der Waals surface area contributed by atoms with Crippen LogP contribution in [0.4, 0.5) is 0 Å². The Hall–Kier alpha value is -2.29. The van der Waals surface area contributed by atoms with E-state index in [0.29, 0.717) is 5.92 Å². The Bertz CT molecular complexity index is 696. The van der Waals surface area contributed by atoms with Crippen molar-refractivity contribution in [1.82, 2.24) is 4.90 Å². The van der Waals surface area contributed by atoms with Gasteiger partial charge >= 0.3 is 0 Å². The lowest BCUT2D eigenvalue weighted by Crippen LogP contribution is -2.28. The fourth-order valence-corrected chi connectivity index (χ4v) is 3.44. The molecule has 3 nitrogen and oxygen atoms in total. The number of likely N-dealkylation sites (tertiary alicyclic amines) is 1. The maximum absolute atomic E-state index is 12.5. The number of fused-ring (bicyclic) bond motifs is 1. The molecule has 0 aliphatic carbocycles. The topological polar surface area (TPSA) is 29.5 Å². The lowest BCUT2D eigenvalue weighted by molar-refractivity contribution is 0.0791. The first-order chi connectivity index (χ1) is 10.8. The van der Waals surface area contributed by atoms with Crippen molar-refractivity contribution in [2.45, 2.75) is 18.8 Å². The van der Waals surface area contributed by atoms with Crippen LogP contribution in [0.25, 0.3) is 0 Å². The summed E-state index contributed by atoms with van der Waals surface area (Å²) in [6.45, 7) is 2.45. The zero-order chi connectivity index (χ0) is 14.9. The Balaban J connectivity index is 1.49. The summed E-state index contributed by atoms with van der Waals surface area (Å²) in [7, 11) is 0. The van der Waals surface area contributed by atoms with E-state index in [1.165, 1.54) is 11.1 Å². The van der Waals surface area contributed by atoms with Gasteiger partial charge in [-0.25, -0.2) is 0 Å². The van der Waals surface area contributed by atoms with Crippen molar-refractivity contribution < 1.29 is 9.53 Å². The van der Waals surface area contributed by atoms with Gasteiger partial charge in [0.1, 0.15) is 5.75 Å². The highest BCUT2D eigenvalue weighted by Gasteiger charge is 2.28. The van der Waals surface area contributed by atoms with Crippen molar-refractivity contribution in [3.63, 3.8) is 0 Å². The molecule has 3 heteroatoms. The Morgan fingerprint density at radius 3 is 2.86 bits per heavy atom. The molecule has 2 aromatic carbocycles. The highest BCUT2D eigenvalue weighted by molar-refractivity contribution is 5.94. The van der Waals surface area contributed by atoms with Gasteiger partial charge in [-0.05, 0) is 35.7 Å². The second kappa shape index (κ2) is 5.48. The van der Waals surface area contributed by atoms with Crippen LogP contribution in [0.15, 0.2) is 48.5 Å². The van der Waals surface area contributed by atoms with E-state index in [0.717, 1.165) is 43.9 Å². The Labute approximate surface area is 130 Å². The number of carbonyl (C=O) groups is 1. The number of benzene rings is 2. The average molecular weight is 293 g/mol. The molecule has 1 unspecified atom stereocenters. The number of hydrogen-bond donors (Lipinski definition) is 0. The van der Waals surface area contributed by atoms with Crippen LogP contribution >= 0.6 is 0 Å². The average Bonchev–Trinajstić information content (AvgIpc) is 3.23. The van der Waals surface area contributed by atoms with Crippen molar-refractivity contribution in [3.05, 3.63) is 65.2 Å². The van der Waals surface area contributed by atoms with Gasteiger partial charge in [-0.1, -0.05) is 30.3 Å². The highest BCUT2D eigenvalue weighted by atomic mass is 16.5. The fraction of sp³-hybridized carbons (Fsp3) is 0.316. The Morgan fingerprint density at radius 1 is 1.14 bits per heavy atom. The third-order valence-electron chi connectivity index (χ3n) is 4.68. The van der Waals surface area contributed by atoms with Gasteiger partial charge in [0, 0.05) is 31.0 Å². The van der Waals surface area contributed by atoms with Gasteiger partial charge in [-0.15, -0.1) is 0 Å². The molecule has 0 spiro atoms. The Kier molecular flexibility index (Phi) is 3.34. The van der Waals surface area contributed by atoms with E-state index in [2.05, 4.69) is 18.2 Å². The summed E-state index contributed by atoms with van der Waals surface area (Å²) in [6, 6.07) is 16.1. The number of carbonyl (C=O) groups excluding carboxylic acids is 1. The van der Waals surface area contributed by atoms with Crippen molar-refractivity contribution in [1.29, 1.82) is 0 Å². The second-order valence-corrected chi connectivity index (χ2v) is 6.07. The molecule has 2 aromatic rings. The van der Waals surface area contributed by atoms with Crippen LogP contribution in [0.1, 0.15) is 33.8 Å². The summed E-state index contributed by atoms with van der Waals surface area (Å²) in [4.78, 5) is 14.5. The monoisotopic (exact) mass is 293 g/mol. The summed E-state index contributed by atoms with van der Waals surface area (Å²) < 4.78 is 5.57. The zero-order valence-electron chi connectivity index (χ0n) is 12.5. The molecule has 1 atom stereocenters. The predicted octanol–water partition coefficient (Wildman–Crippen LogP) is 3.25. The molecule has 0 N–H and O–H groups in total. The number of rotatable bonds is 2. The summed E-state index contributed by atoms with van der Waals surface area (Å²) in [6.07, 6.45) is 2.04. The van der Waals surface area contributed by atoms with Gasteiger partial charge in [0.15, 0.2) is 0 Å². The third-order valence-corrected chi connectivity index (χ3v) is 4.68. The SMILES string of the molecule is O=C(c1ccccc1)N1CCC(c2ccc3c(c2)CCO3)C1. The normalized spacial score (nSPS) is 19.8. The largest absolute Gasteiger partial charge is 0.493 e. The lowest BCUT2D eigenvalue weighted by atomic mass is 9.96. The summed E-state index contributed by atoms with van der Waals surface area (Å²) in [5.74, 6) is 1.62. The standard InChI is InChI=1S/C19H19NO2/c21-19(14-4-2-1-3-5-14)20-10-8-17(13-20)15-6-7-18-16(12-15)9-11-22-18/h1-7,12,17H,8-11,13H2. The van der Waals surface area contributed by atoms with Gasteiger partial charge in [0.05, 0.1) is 6.61 Å². The molecule has 0 aromatic heterocycles. The number of amides is 1. The molecule has 0 radical (unpaired) electrons. The van der Waals surface area contributed by atoms with Crippen LogP contribution in [-0.2, 0) is 6.42 Å². The minimum absolute atomic E-state index is 0.146. The molecular formula is C19H19NO2. The van der Waals surface area contributed by atoms with Crippen LogP contribution < -0.4 is 4.74 Å². The molecule has 2 aliphatic rings. The van der Waals surface area contributed by atoms with Crippen LogP contribution in [0.5, 0.6) is 5.75 Å². The van der Waals surface area contributed by atoms with Crippen LogP contribution in [0.2, 0.25) is 0 Å². The van der Waals surface area contributed by atoms with Crippen LogP contribution in [0.3, 0.4) is 0 Å². The molecule has 4 rings (SSSR count). The number of hydrogen-bond acceptors (Lipinski definition) is 2. The first kappa shape index (κ1) is 13.4. The van der Waals surface area contributed by atoms with Crippen LogP contribution in [-0.4, -0.2) is 30.5 Å². The molecule has 1 fully saturated rings. The molecule has 1 saturated heterocycles. The van der Waals surface area contributed by atoms with E-state index in [4.69, 9.17) is 4.74 Å². The molecule has 0 bridgehead atoms. The molecule has 1 amide bonds. The maximum atomic E-state index is 12.5. The fourth-order valence-electron chi connectivity index (χ4n) is 3.44.